The summed E-state index contributed by atoms with van der Waals surface area (Å²) in [4.78, 5) is 10.7. The lowest BCUT2D eigenvalue weighted by Crippen LogP contribution is -2.15. The molecular weight excluding hydrogens is 420 g/mol. The number of aliphatic hydroxyl groups is 1. The molecule has 0 aliphatic rings. The number of nitrogens with zero attached hydrogens (tertiary/aromatic N) is 1. The van der Waals surface area contributed by atoms with Crippen LogP contribution in [0, 0.1) is 10.1 Å². The first kappa shape index (κ1) is 22.4. The monoisotopic (exact) mass is 442 g/mol. The summed E-state index contributed by atoms with van der Waals surface area (Å²) in [6.45, 7) is 0. The van der Waals surface area contributed by atoms with Gasteiger partial charge in [-0.2, -0.15) is 0 Å². The van der Waals surface area contributed by atoms with Gasteiger partial charge < -0.3 is 19.9 Å². The Bertz CT molecular complexity index is 1040. The van der Waals surface area contributed by atoms with Crippen LogP contribution in [0.2, 0.25) is 5.02 Å². The van der Waals surface area contributed by atoms with Crippen molar-refractivity contribution in [2.45, 2.75) is 18.6 Å². The number of nitro groups is 1. The van der Waals surface area contributed by atoms with Crippen LogP contribution in [0.25, 0.3) is 0 Å². The molecule has 0 aromatic heterocycles. The average Bonchev–Trinajstić information content (AvgIpc) is 2.78. The zero-order valence-corrected chi connectivity index (χ0v) is 17.9. The summed E-state index contributed by atoms with van der Waals surface area (Å²) < 4.78 is 10.6. The molecule has 0 aliphatic carbocycles. The zero-order chi connectivity index (χ0) is 22.4. The Labute approximate surface area is 185 Å². The number of hydrogen-bond acceptors (Lipinski definition) is 6. The SMILES string of the molecule is COc1ccc(C(O)CC(Nc2cccc([N+](=O)[O-])c2)c2ccc(Cl)cc2)cc1OC. The summed E-state index contributed by atoms with van der Waals surface area (Å²) >= 11 is 6.03. The molecule has 8 heteroatoms. The molecule has 31 heavy (non-hydrogen) atoms. The third-order valence-electron chi connectivity index (χ3n) is 4.92. The van der Waals surface area contributed by atoms with Crippen LogP contribution in [-0.4, -0.2) is 24.2 Å². The minimum Gasteiger partial charge on any atom is -0.493 e. The van der Waals surface area contributed by atoms with Crippen LogP contribution >= 0.6 is 11.6 Å². The second kappa shape index (κ2) is 10.1. The van der Waals surface area contributed by atoms with Crippen LogP contribution in [0.4, 0.5) is 11.4 Å². The van der Waals surface area contributed by atoms with Crippen molar-refractivity contribution >= 4 is 23.0 Å². The second-order valence-electron chi connectivity index (χ2n) is 6.92. The summed E-state index contributed by atoms with van der Waals surface area (Å²) in [7, 11) is 3.09. The van der Waals surface area contributed by atoms with E-state index in [0.29, 0.717) is 34.2 Å². The van der Waals surface area contributed by atoms with Crippen LogP contribution in [0.1, 0.15) is 29.7 Å². The number of anilines is 1. The first-order valence-corrected chi connectivity index (χ1v) is 9.95. The summed E-state index contributed by atoms with van der Waals surface area (Å²) in [6.07, 6.45) is -0.522. The van der Waals surface area contributed by atoms with Gasteiger partial charge in [-0.1, -0.05) is 35.9 Å². The Balaban J connectivity index is 1.88. The third kappa shape index (κ3) is 5.65. The number of halogens is 1. The molecule has 7 nitrogen and oxygen atoms in total. The van der Waals surface area contributed by atoms with Crippen molar-refractivity contribution in [2.24, 2.45) is 0 Å². The van der Waals surface area contributed by atoms with E-state index in [0.717, 1.165) is 5.56 Å². The normalized spacial score (nSPS) is 12.6. The maximum Gasteiger partial charge on any atom is 0.271 e. The summed E-state index contributed by atoms with van der Waals surface area (Å²) in [5, 5.41) is 26.0. The highest BCUT2D eigenvalue weighted by atomic mass is 35.5. The number of aliphatic hydroxyl groups excluding tert-OH is 1. The maximum absolute atomic E-state index is 11.1. The second-order valence-corrected chi connectivity index (χ2v) is 7.36. The lowest BCUT2D eigenvalue weighted by Gasteiger charge is -2.24. The van der Waals surface area contributed by atoms with Crippen molar-refractivity contribution in [2.75, 3.05) is 19.5 Å². The largest absolute Gasteiger partial charge is 0.493 e. The van der Waals surface area contributed by atoms with Crippen LogP contribution in [0.3, 0.4) is 0 Å². The van der Waals surface area contributed by atoms with Crippen molar-refractivity contribution in [3.63, 3.8) is 0 Å². The summed E-state index contributed by atoms with van der Waals surface area (Å²) in [5.41, 5.74) is 2.11. The quantitative estimate of drug-likeness (QED) is 0.333. The van der Waals surface area contributed by atoms with Gasteiger partial charge in [-0.15, -0.1) is 0 Å². The Hall–Kier alpha value is -3.29. The van der Waals surface area contributed by atoms with Gasteiger partial charge in [-0.05, 0) is 41.5 Å². The number of methoxy groups -OCH3 is 2. The molecule has 0 aliphatic heterocycles. The molecule has 0 fully saturated rings. The number of nitrogens with one attached hydrogen (secondary N) is 1. The molecule has 2 N–H and O–H groups in total. The molecule has 0 bridgehead atoms. The van der Waals surface area contributed by atoms with E-state index in [2.05, 4.69) is 5.32 Å². The summed E-state index contributed by atoms with van der Waals surface area (Å²) in [6, 6.07) is 18.4. The zero-order valence-electron chi connectivity index (χ0n) is 17.1. The predicted octanol–water partition coefficient (Wildman–Crippen LogP) is 5.54. The number of rotatable bonds is 9. The number of nitro benzene ring substituents is 1. The molecule has 0 saturated heterocycles. The lowest BCUT2D eigenvalue weighted by molar-refractivity contribution is -0.384. The highest BCUT2D eigenvalue weighted by Gasteiger charge is 2.20. The van der Waals surface area contributed by atoms with Crippen LogP contribution < -0.4 is 14.8 Å². The first-order chi connectivity index (χ1) is 14.9. The van der Waals surface area contributed by atoms with Gasteiger partial charge in [0.15, 0.2) is 11.5 Å². The van der Waals surface area contributed by atoms with Gasteiger partial charge >= 0.3 is 0 Å². The van der Waals surface area contributed by atoms with Crippen molar-refractivity contribution in [1.82, 2.24) is 0 Å². The minimum atomic E-state index is -0.827. The molecule has 0 spiro atoms. The highest BCUT2D eigenvalue weighted by molar-refractivity contribution is 6.30. The Morgan fingerprint density at radius 3 is 2.32 bits per heavy atom. The van der Waals surface area contributed by atoms with Crippen LogP contribution in [-0.2, 0) is 0 Å². The van der Waals surface area contributed by atoms with Gasteiger partial charge in [0, 0.05) is 29.3 Å². The standard InChI is InChI=1S/C23H23ClN2O5/c1-30-22-11-8-16(12-23(22)31-2)21(27)14-20(15-6-9-17(24)10-7-15)25-18-4-3-5-19(13-18)26(28)29/h3-13,20-21,25,27H,14H2,1-2H3. The number of non-ortho nitro benzene ring substituents is 1. The van der Waals surface area contributed by atoms with Crippen molar-refractivity contribution < 1.29 is 19.5 Å². The Morgan fingerprint density at radius 2 is 1.68 bits per heavy atom. The predicted molar refractivity (Wildman–Crippen MR) is 120 cm³/mol. The van der Waals surface area contributed by atoms with E-state index in [9.17, 15) is 15.2 Å². The minimum absolute atomic E-state index is 0.0136. The molecule has 3 rings (SSSR count). The fourth-order valence-electron chi connectivity index (χ4n) is 3.30. The van der Waals surface area contributed by atoms with Crippen molar-refractivity contribution in [1.29, 1.82) is 0 Å². The van der Waals surface area contributed by atoms with Gasteiger partial charge in [0.2, 0.25) is 0 Å². The Kier molecular flexibility index (Phi) is 7.33. The first-order valence-electron chi connectivity index (χ1n) is 9.57. The van der Waals surface area contributed by atoms with Crippen molar-refractivity contribution in [3.8, 4) is 11.5 Å². The van der Waals surface area contributed by atoms with Crippen LogP contribution in [0.5, 0.6) is 11.5 Å². The lowest BCUT2D eigenvalue weighted by atomic mass is 9.96. The topological polar surface area (TPSA) is 93.9 Å². The van der Waals surface area contributed by atoms with E-state index < -0.39 is 11.0 Å². The fraction of sp³-hybridized carbons (Fsp3) is 0.217. The smallest absolute Gasteiger partial charge is 0.271 e. The van der Waals surface area contributed by atoms with Gasteiger partial charge in [-0.25, -0.2) is 0 Å². The highest BCUT2D eigenvalue weighted by Crippen LogP contribution is 2.35. The fourth-order valence-corrected chi connectivity index (χ4v) is 3.43. The van der Waals surface area contributed by atoms with E-state index in [-0.39, 0.29) is 11.7 Å². The van der Waals surface area contributed by atoms with E-state index in [1.807, 2.05) is 12.1 Å². The molecule has 3 aromatic carbocycles. The van der Waals surface area contributed by atoms with E-state index in [1.54, 1.807) is 49.6 Å². The molecule has 0 radical (unpaired) electrons. The number of benzene rings is 3. The van der Waals surface area contributed by atoms with E-state index in [4.69, 9.17) is 21.1 Å². The number of ether oxygens (including phenoxy) is 2. The molecular formula is C23H23ClN2O5. The van der Waals surface area contributed by atoms with Gasteiger partial charge in [-0.3, -0.25) is 10.1 Å². The molecule has 3 aromatic rings. The maximum atomic E-state index is 11.1. The summed E-state index contributed by atoms with van der Waals surface area (Å²) in [5.74, 6) is 1.09. The molecule has 0 amide bonds. The average molecular weight is 443 g/mol. The van der Waals surface area contributed by atoms with E-state index >= 15 is 0 Å². The molecule has 0 saturated carbocycles. The van der Waals surface area contributed by atoms with Gasteiger partial charge in [0.25, 0.3) is 5.69 Å². The van der Waals surface area contributed by atoms with Gasteiger partial charge in [0.1, 0.15) is 0 Å². The third-order valence-corrected chi connectivity index (χ3v) is 5.17. The molecule has 162 valence electrons. The molecule has 0 heterocycles. The number of hydrogen-bond donors (Lipinski definition) is 2. The van der Waals surface area contributed by atoms with Crippen molar-refractivity contribution in [3.05, 3.63) is 93.0 Å². The molecule has 2 atom stereocenters. The molecule has 2 unspecified atom stereocenters. The Morgan fingerprint density at radius 1 is 1.00 bits per heavy atom. The van der Waals surface area contributed by atoms with Gasteiger partial charge in [0.05, 0.1) is 31.3 Å². The van der Waals surface area contributed by atoms with E-state index in [1.165, 1.54) is 19.2 Å². The van der Waals surface area contributed by atoms with Crippen LogP contribution in [0.15, 0.2) is 66.7 Å².